The van der Waals surface area contributed by atoms with E-state index in [0.29, 0.717) is 19.4 Å². The van der Waals surface area contributed by atoms with Gasteiger partial charge in [-0.3, -0.25) is 9.78 Å². The smallest absolute Gasteiger partial charge is 0.156 e. The van der Waals surface area contributed by atoms with E-state index in [-0.39, 0.29) is 23.7 Å². The number of ether oxygens (including phenoxy) is 1. The minimum absolute atomic E-state index is 0.0747. The number of nitrogens with zero attached hydrogens (tertiary/aromatic N) is 2. The number of aliphatic hydroxyl groups is 1. The topological polar surface area (TPSA) is 62.7 Å². The normalized spacial score (nSPS) is 32.5. The highest BCUT2D eigenvalue weighted by Crippen LogP contribution is 2.64. The lowest BCUT2D eigenvalue weighted by Crippen LogP contribution is -2.53. The molecule has 0 spiro atoms. The van der Waals surface area contributed by atoms with Crippen LogP contribution in [0.5, 0.6) is 0 Å². The van der Waals surface area contributed by atoms with Crippen molar-refractivity contribution in [3.8, 4) is 11.8 Å². The monoisotopic (exact) mass is 494 g/mol. The van der Waals surface area contributed by atoms with Crippen molar-refractivity contribution in [1.82, 2.24) is 4.98 Å². The van der Waals surface area contributed by atoms with Crippen LogP contribution in [0.15, 0.2) is 71.6 Å². The molecule has 2 heterocycles. The molecule has 0 saturated heterocycles. The maximum atomic E-state index is 12.2. The molecule has 0 radical (unpaired) electrons. The predicted molar refractivity (Wildman–Crippen MR) is 144 cm³/mol. The number of ketones is 1. The van der Waals surface area contributed by atoms with Crippen LogP contribution in [0, 0.1) is 23.2 Å². The second-order valence-corrected chi connectivity index (χ2v) is 11.5. The Morgan fingerprint density at radius 2 is 1.86 bits per heavy atom. The highest BCUT2D eigenvalue weighted by molar-refractivity contribution is 5.93. The molecular weight excluding hydrogens is 460 g/mol. The van der Waals surface area contributed by atoms with Gasteiger partial charge in [-0.1, -0.05) is 30.9 Å². The summed E-state index contributed by atoms with van der Waals surface area (Å²) in [6.07, 6.45) is 8.81. The maximum absolute atomic E-state index is 12.2. The van der Waals surface area contributed by atoms with Crippen LogP contribution in [-0.4, -0.2) is 48.3 Å². The number of pyridine rings is 1. The number of aromatic nitrogens is 1. The summed E-state index contributed by atoms with van der Waals surface area (Å²) in [6, 6.07) is 12.5. The van der Waals surface area contributed by atoms with Gasteiger partial charge in [0.1, 0.15) is 5.60 Å². The van der Waals surface area contributed by atoms with Crippen molar-refractivity contribution in [2.75, 3.05) is 25.6 Å². The van der Waals surface area contributed by atoms with Gasteiger partial charge in [0.2, 0.25) is 0 Å². The molecule has 37 heavy (non-hydrogen) atoms. The number of carbonyl (C=O) groups excluding carboxylic acids is 1. The predicted octanol–water partition coefficient (Wildman–Crippen LogP) is 4.82. The van der Waals surface area contributed by atoms with Gasteiger partial charge in [0.15, 0.2) is 5.78 Å². The van der Waals surface area contributed by atoms with E-state index >= 15 is 0 Å². The van der Waals surface area contributed by atoms with Gasteiger partial charge in [0, 0.05) is 55.5 Å². The Balaban J connectivity index is 1.46. The first kappa shape index (κ1) is 24.2. The van der Waals surface area contributed by atoms with Gasteiger partial charge in [-0.15, -0.1) is 0 Å². The number of rotatable bonds is 2. The van der Waals surface area contributed by atoms with Crippen molar-refractivity contribution < 1.29 is 14.6 Å². The Morgan fingerprint density at radius 3 is 2.59 bits per heavy atom. The fourth-order valence-electron chi connectivity index (χ4n) is 7.14. The molecule has 1 aliphatic heterocycles. The second kappa shape index (κ2) is 8.97. The van der Waals surface area contributed by atoms with Crippen LogP contribution >= 0.6 is 0 Å². The van der Waals surface area contributed by atoms with Crippen molar-refractivity contribution in [1.29, 1.82) is 0 Å². The molecule has 5 nitrogen and oxygen atoms in total. The molecule has 190 valence electrons. The molecule has 0 amide bonds. The summed E-state index contributed by atoms with van der Waals surface area (Å²) in [5.74, 6) is 7.01. The fourth-order valence-corrected chi connectivity index (χ4v) is 7.14. The van der Waals surface area contributed by atoms with Crippen LogP contribution in [-0.2, 0) is 9.53 Å². The summed E-state index contributed by atoms with van der Waals surface area (Å²) >= 11 is 0. The molecule has 5 heteroatoms. The van der Waals surface area contributed by atoms with Crippen molar-refractivity contribution in [2.24, 2.45) is 11.3 Å². The highest BCUT2D eigenvalue weighted by Gasteiger charge is 2.63. The molecule has 2 saturated carbocycles. The Kier molecular flexibility index (Phi) is 5.86. The van der Waals surface area contributed by atoms with Gasteiger partial charge >= 0.3 is 0 Å². The van der Waals surface area contributed by atoms with Crippen molar-refractivity contribution in [2.45, 2.75) is 56.7 Å². The van der Waals surface area contributed by atoms with Crippen LogP contribution in [0.3, 0.4) is 0 Å². The van der Waals surface area contributed by atoms with Crippen LogP contribution < -0.4 is 4.90 Å². The molecular formula is C32H34N2O3. The molecule has 2 aromatic rings. The molecule has 0 unspecified atom stereocenters. The number of hydrogen-bond acceptors (Lipinski definition) is 5. The largest absolute Gasteiger partial charge is 0.378 e. The molecule has 2 fully saturated rings. The lowest BCUT2D eigenvalue weighted by Gasteiger charge is -2.53. The summed E-state index contributed by atoms with van der Waals surface area (Å²) < 4.78 is 6.59. The van der Waals surface area contributed by atoms with Gasteiger partial charge in [-0.05, 0) is 84.2 Å². The number of allylic oxidation sites excluding steroid dienone is 1. The molecule has 5 atom stereocenters. The molecule has 1 aromatic heterocycles. The molecule has 6 rings (SSSR count). The standard InChI is InChI=1S/C32H34N2O3/c1-31-19-27(22-4-6-24(7-5-22)34(2)3)29-26-9-8-25(35)18-23(26)20-37-30(29)28(31)11-15-32(31,36)14-10-21-12-16-33-17-13-21/h4-7,12-13,16-18,27-28,30,36H,8-9,11,15,19-20H2,1-3H3/t27-,28+,30+,31+,32+/m1/s1. The number of fused-ring (bicyclic) bond motifs is 4. The maximum Gasteiger partial charge on any atom is 0.156 e. The minimum Gasteiger partial charge on any atom is -0.378 e. The van der Waals surface area contributed by atoms with E-state index in [2.05, 4.69) is 52.9 Å². The Bertz CT molecular complexity index is 1350. The van der Waals surface area contributed by atoms with Crippen LogP contribution in [0.25, 0.3) is 0 Å². The highest BCUT2D eigenvalue weighted by atomic mass is 16.5. The second-order valence-electron chi connectivity index (χ2n) is 11.5. The zero-order valence-corrected chi connectivity index (χ0v) is 21.8. The van der Waals surface area contributed by atoms with Crippen LogP contribution in [0.1, 0.15) is 56.1 Å². The molecule has 0 bridgehead atoms. The van der Waals surface area contributed by atoms with E-state index in [1.165, 1.54) is 16.7 Å². The van der Waals surface area contributed by atoms with Gasteiger partial charge in [0.25, 0.3) is 0 Å². The van der Waals surface area contributed by atoms with Crippen molar-refractivity contribution in [3.05, 3.63) is 82.7 Å². The molecule has 1 N–H and O–H groups in total. The van der Waals surface area contributed by atoms with E-state index in [0.717, 1.165) is 36.1 Å². The third-order valence-corrected chi connectivity index (χ3v) is 9.27. The van der Waals surface area contributed by atoms with Gasteiger partial charge in [0.05, 0.1) is 12.7 Å². The van der Waals surface area contributed by atoms with Crippen molar-refractivity contribution in [3.63, 3.8) is 0 Å². The van der Waals surface area contributed by atoms with E-state index in [4.69, 9.17) is 4.74 Å². The first-order chi connectivity index (χ1) is 17.8. The van der Waals surface area contributed by atoms with Crippen LogP contribution in [0.4, 0.5) is 5.69 Å². The molecule has 1 aromatic carbocycles. The Labute approximate surface area is 219 Å². The summed E-state index contributed by atoms with van der Waals surface area (Å²) in [5.41, 5.74) is 5.40. The Hall–Kier alpha value is -3.20. The number of carbonyl (C=O) groups is 1. The molecule has 3 aliphatic carbocycles. The average molecular weight is 495 g/mol. The summed E-state index contributed by atoms with van der Waals surface area (Å²) in [6.45, 7) is 2.68. The summed E-state index contributed by atoms with van der Waals surface area (Å²) in [4.78, 5) is 18.4. The summed E-state index contributed by atoms with van der Waals surface area (Å²) in [7, 11) is 4.10. The third-order valence-electron chi connectivity index (χ3n) is 9.27. The van der Waals surface area contributed by atoms with E-state index in [1.54, 1.807) is 18.5 Å². The van der Waals surface area contributed by atoms with Crippen LogP contribution in [0.2, 0.25) is 0 Å². The zero-order valence-electron chi connectivity index (χ0n) is 21.8. The van der Waals surface area contributed by atoms with E-state index in [1.807, 2.05) is 26.2 Å². The zero-order chi connectivity index (χ0) is 25.8. The quantitative estimate of drug-likeness (QED) is 0.607. The van der Waals surface area contributed by atoms with Gasteiger partial charge in [-0.2, -0.15) is 0 Å². The lowest BCUT2D eigenvalue weighted by atomic mass is 9.55. The Morgan fingerprint density at radius 1 is 1.11 bits per heavy atom. The first-order valence-electron chi connectivity index (χ1n) is 13.3. The van der Waals surface area contributed by atoms with Crippen molar-refractivity contribution >= 4 is 11.5 Å². The number of anilines is 1. The summed E-state index contributed by atoms with van der Waals surface area (Å²) in [5, 5.41) is 12.1. The third kappa shape index (κ3) is 3.95. The van der Waals surface area contributed by atoms with E-state index < -0.39 is 11.0 Å². The fraction of sp³-hybridized carbons (Fsp3) is 0.438. The SMILES string of the molecule is CN(C)c1ccc([C@H]2C[C@@]3(C)[C@@H](CC[C@@]3(O)C#Cc3ccncc3)[C@@H]3OCC4=CC(=O)CCC4=C32)cc1. The van der Waals surface area contributed by atoms with Gasteiger partial charge < -0.3 is 14.7 Å². The van der Waals surface area contributed by atoms with E-state index in [9.17, 15) is 9.90 Å². The molecule has 4 aliphatic rings. The minimum atomic E-state index is -1.11. The number of benzene rings is 1. The van der Waals surface area contributed by atoms with Gasteiger partial charge in [-0.25, -0.2) is 0 Å². The average Bonchev–Trinajstić information content (AvgIpc) is 3.17. The number of hydrogen-bond donors (Lipinski definition) is 1. The first-order valence-corrected chi connectivity index (χ1v) is 13.3. The lowest BCUT2D eigenvalue weighted by molar-refractivity contribution is -0.115.